The molecule has 0 aromatic carbocycles. The van der Waals surface area contributed by atoms with E-state index >= 15 is 0 Å². The van der Waals surface area contributed by atoms with Crippen LogP contribution in [0.3, 0.4) is 0 Å². The van der Waals surface area contributed by atoms with Crippen molar-refractivity contribution >= 4 is 17.2 Å². The second-order valence-electron chi connectivity index (χ2n) is 3.76. The molecule has 1 amide bonds. The van der Waals surface area contributed by atoms with E-state index in [1.54, 1.807) is 11.7 Å². The first kappa shape index (κ1) is 14.9. The first-order valence-electron chi connectivity index (χ1n) is 5.69. The van der Waals surface area contributed by atoms with Gasteiger partial charge in [0, 0.05) is 31.1 Å². The van der Waals surface area contributed by atoms with Crippen LogP contribution < -0.4 is 10.4 Å². The van der Waals surface area contributed by atoms with Gasteiger partial charge in [-0.15, -0.1) is 0 Å². The Morgan fingerprint density at radius 1 is 1.50 bits per heavy atom. The van der Waals surface area contributed by atoms with Gasteiger partial charge in [0.25, 0.3) is 0 Å². The fourth-order valence-electron chi connectivity index (χ4n) is 1.38. The lowest BCUT2D eigenvalue weighted by molar-refractivity contribution is -0.134. The number of ether oxygens (including phenoxy) is 1. The number of carbonyl (C=O) groups is 1. The highest BCUT2D eigenvalue weighted by atomic mass is 32.1. The quantitative estimate of drug-likeness (QED) is 0.559. The smallest absolute Gasteiger partial charge is 0.307 e. The van der Waals surface area contributed by atoms with Gasteiger partial charge >= 0.3 is 4.87 Å². The molecule has 0 spiro atoms. The molecule has 0 aliphatic carbocycles. The van der Waals surface area contributed by atoms with Crippen molar-refractivity contribution in [1.29, 1.82) is 0 Å². The van der Waals surface area contributed by atoms with E-state index in [4.69, 9.17) is 9.57 Å². The molecule has 0 aliphatic rings. The van der Waals surface area contributed by atoms with E-state index in [1.165, 1.54) is 11.3 Å². The van der Waals surface area contributed by atoms with Gasteiger partial charge in [-0.2, -0.15) is 0 Å². The number of rotatable bonds is 8. The summed E-state index contributed by atoms with van der Waals surface area (Å²) in [4.78, 5) is 27.6. The van der Waals surface area contributed by atoms with Gasteiger partial charge in [-0.3, -0.25) is 14.4 Å². The van der Waals surface area contributed by atoms with Gasteiger partial charge in [0.05, 0.1) is 13.2 Å². The minimum absolute atomic E-state index is 0.0178. The summed E-state index contributed by atoms with van der Waals surface area (Å²) in [5.74, 6) is -0.188. The van der Waals surface area contributed by atoms with E-state index in [1.807, 2.05) is 12.3 Å². The van der Waals surface area contributed by atoms with Crippen LogP contribution in [0.1, 0.15) is 18.5 Å². The first-order valence-corrected chi connectivity index (χ1v) is 6.57. The number of aromatic nitrogens is 1. The first-order chi connectivity index (χ1) is 8.65. The highest BCUT2D eigenvalue weighted by molar-refractivity contribution is 7.07. The second-order valence-corrected chi connectivity index (χ2v) is 4.59. The molecule has 7 heteroatoms. The standard InChI is InChI=1S/C11H18N2O4S/c1-9-8-18-11(15)13(9)5-3-4-10(14)12-17-7-6-16-2/h8H,3-7H2,1-2H3,(H,12,14). The number of thiazole rings is 1. The maximum absolute atomic E-state index is 11.4. The Labute approximate surface area is 109 Å². The Kier molecular flexibility index (Phi) is 6.63. The summed E-state index contributed by atoms with van der Waals surface area (Å²) in [6, 6.07) is 0. The fourth-order valence-corrected chi connectivity index (χ4v) is 2.14. The van der Waals surface area contributed by atoms with E-state index in [0.29, 0.717) is 32.6 Å². The molecule has 1 aromatic rings. The molecule has 1 aromatic heterocycles. The van der Waals surface area contributed by atoms with Gasteiger partial charge in [0.2, 0.25) is 5.91 Å². The van der Waals surface area contributed by atoms with Crippen LogP contribution >= 0.6 is 11.3 Å². The van der Waals surface area contributed by atoms with Gasteiger partial charge in [-0.05, 0) is 13.3 Å². The largest absolute Gasteiger partial charge is 0.382 e. The van der Waals surface area contributed by atoms with Crippen LogP contribution in [0.25, 0.3) is 0 Å². The number of hydrogen-bond donors (Lipinski definition) is 1. The van der Waals surface area contributed by atoms with Crippen LogP contribution in [-0.4, -0.2) is 30.8 Å². The van der Waals surface area contributed by atoms with Crippen LogP contribution in [0, 0.1) is 6.92 Å². The summed E-state index contributed by atoms with van der Waals surface area (Å²) >= 11 is 1.18. The van der Waals surface area contributed by atoms with Gasteiger partial charge < -0.3 is 9.30 Å². The minimum atomic E-state index is -0.188. The van der Waals surface area contributed by atoms with Crippen molar-refractivity contribution in [2.45, 2.75) is 26.3 Å². The number of hydroxylamine groups is 1. The fraction of sp³-hybridized carbons (Fsp3) is 0.636. The lowest BCUT2D eigenvalue weighted by Gasteiger charge is -2.06. The van der Waals surface area contributed by atoms with Crippen molar-refractivity contribution in [3.05, 3.63) is 20.7 Å². The van der Waals surface area contributed by atoms with Crippen molar-refractivity contribution < 1.29 is 14.4 Å². The maximum Gasteiger partial charge on any atom is 0.307 e. The normalized spacial score (nSPS) is 10.6. The van der Waals surface area contributed by atoms with Crippen molar-refractivity contribution in [3.63, 3.8) is 0 Å². The minimum Gasteiger partial charge on any atom is -0.382 e. The lowest BCUT2D eigenvalue weighted by atomic mass is 10.3. The summed E-state index contributed by atoms with van der Waals surface area (Å²) in [6.07, 6.45) is 0.936. The molecule has 0 atom stereocenters. The monoisotopic (exact) mass is 274 g/mol. The highest BCUT2D eigenvalue weighted by Gasteiger charge is 2.05. The Balaban J connectivity index is 2.18. The van der Waals surface area contributed by atoms with Crippen LogP contribution in [0.5, 0.6) is 0 Å². The Bertz CT molecular complexity index is 427. The summed E-state index contributed by atoms with van der Waals surface area (Å²) in [5.41, 5.74) is 3.26. The van der Waals surface area contributed by atoms with Crippen molar-refractivity contribution in [2.24, 2.45) is 0 Å². The molecule has 1 heterocycles. The molecule has 1 rings (SSSR count). The number of carbonyl (C=O) groups excluding carboxylic acids is 1. The summed E-state index contributed by atoms with van der Waals surface area (Å²) in [7, 11) is 1.56. The van der Waals surface area contributed by atoms with E-state index in [0.717, 1.165) is 5.69 Å². The zero-order chi connectivity index (χ0) is 13.4. The van der Waals surface area contributed by atoms with Crippen molar-refractivity contribution in [1.82, 2.24) is 10.0 Å². The molecule has 0 bridgehead atoms. The van der Waals surface area contributed by atoms with Gasteiger partial charge in [-0.25, -0.2) is 5.48 Å². The molecule has 0 aliphatic heterocycles. The number of aryl methyl sites for hydroxylation is 1. The summed E-state index contributed by atoms with van der Waals surface area (Å²) in [6.45, 7) is 3.20. The number of amides is 1. The van der Waals surface area contributed by atoms with E-state index in [9.17, 15) is 9.59 Å². The number of methoxy groups -OCH3 is 1. The van der Waals surface area contributed by atoms with Crippen LogP contribution in [0.2, 0.25) is 0 Å². The maximum atomic E-state index is 11.4. The Morgan fingerprint density at radius 3 is 2.89 bits per heavy atom. The topological polar surface area (TPSA) is 69.6 Å². The molecule has 0 saturated carbocycles. The zero-order valence-corrected chi connectivity index (χ0v) is 11.4. The molecule has 0 fully saturated rings. The van der Waals surface area contributed by atoms with Crippen LogP contribution in [0.15, 0.2) is 10.2 Å². The van der Waals surface area contributed by atoms with E-state index in [2.05, 4.69) is 5.48 Å². The third kappa shape index (κ3) is 4.99. The van der Waals surface area contributed by atoms with Crippen LogP contribution in [0.4, 0.5) is 0 Å². The predicted molar refractivity (Wildman–Crippen MR) is 68.5 cm³/mol. The Morgan fingerprint density at radius 2 is 2.28 bits per heavy atom. The Hall–Kier alpha value is -1.18. The molecular weight excluding hydrogens is 256 g/mol. The lowest BCUT2D eigenvalue weighted by Crippen LogP contribution is -2.25. The molecular formula is C11H18N2O4S. The van der Waals surface area contributed by atoms with Gasteiger partial charge in [0.15, 0.2) is 0 Å². The van der Waals surface area contributed by atoms with Crippen molar-refractivity contribution in [3.8, 4) is 0 Å². The molecule has 18 heavy (non-hydrogen) atoms. The molecule has 0 unspecified atom stereocenters. The van der Waals surface area contributed by atoms with Crippen molar-refractivity contribution in [2.75, 3.05) is 20.3 Å². The van der Waals surface area contributed by atoms with E-state index < -0.39 is 0 Å². The molecule has 1 N–H and O–H groups in total. The van der Waals surface area contributed by atoms with Gasteiger partial charge in [0.1, 0.15) is 0 Å². The molecule has 0 saturated heterocycles. The summed E-state index contributed by atoms with van der Waals surface area (Å²) < 4.78 is 6.44. The molecule has 6 nitrogen and oxygen atoms in total. The second kappa shape index (κ2) is 8.02. The third-order valence-electron chi connectivity index (χ3n) is 2.34. The third-order valence-corrected chi connectivity index (χ3v) is 3.22. The van der Waals surface area contributed by atoms with Crippen LogP contribution in [-0.2, 0) is 20.9 Å². The average molecular weight is 274 g/mol. The predicted octanol–water partition coefficient (Wildman–Crippen LogP) is 0.693. The van der Waals surface area contributed by atoms with E-state index in [-0.39, 0.29) is 10.8 Å². The van der Waals surface area contributed by atoms with Gasteiger partial charge in [-0.1, -0.05) is 11.3 Å². The summed E-state index contributed by atoms with van der Waals surface area (Å²) in [5, 5.41) is 1.82. The zero-order valence-electron chi connectivity index (χ0n) is 10.6. The number of nitrogens with zero attached hydrogens (tertiary/aromatic N) is 1. The molecule has 102 valence electrons. The number of hydrogen-bond acceptors (Lipinski definition) is 5. The highest BCUT2D eigenvalue weighted by Crippen LogP contribution is 2.02. The molecule has 0 radical (unpaired) electrons. The number of nitrogens with one attached hydrogen (secondary N) is 1. The SMILES string of the molecule is COCCONC(=O)CCCn1c(C)csc1=O. The average Bonchev–Trinajstić information content (AvgIpc) is 2.66.